The summed E-state index contributed by atoms with van der Waals surface area (Å²) in [5, 5.41) is 6.62. The molecule has 0 bridgehead atoms. The van der Waals surface area contributed by atoms with Crippen LogP contribution in [0, 0.1) is 0 Å². The van der Waals surface area contributed by atoms with Crippen LogP contribution in [0.3, 0.4) is 0 Å². The number of carbonyl (C=O) groups is 2. The van der Waals surface area contributed by atoms with Gasteiger partial charge in [0.15, 0.2) is 0 Å². The predicted octanol–water partition coefficient (Wildman–Crippen LogP) is 6.03. The van der Waals surface area contributed by atoms with Gasteiger partial charge in [-0.2, -0.15) is 0 Å². The van der Waals surface area contributed by atoms with Gasteiger partial charge in [-0.05, 0) is 20.8 Å². The topological polar surface area (TPSA) is 67.4 Å². The van der Waals surface area contributed by atoms with E-state index in [2.05, 4.69) is 117 Å². The normalized spacial score (nSPS) is 12.7. The van der Waals surface area contributed by atoms with Crippen LogP contribution in [-0.4, -0.2) is 36.9 Å². The molecule has 0 fully saturated rings. The molecule has 2 amide bonds. The fourth-order valence-electron chi connectivity index (χ4n) is 4.65. The van der Waals surface area contributed by atoms with Gasteiger partial charge in [0.2, 0.25) is 0 Å². The summed E-state index contributed by atoms with van der Waals surface area (Å²) in [5.41, 5.74) is -0.520. The molecule has 3 aromatic rings. The Balaban J connectivity index is 1.62. The van der Waals surface area contributed by atoms with Gasteiger partial charge in [0.05, 0.1) is 0 Å². The van der Waals surface area contributed by atoms with E-state index in [1.54, 1.807) is 0 Å². The molecule has 0 aliphatic carbocycles. The van der Waals surface area contributed by atoms with Gasteiger partial charge in [-0.25, -0.2) is 0 Å². The van der Waals surface area contributed by atoms with E-state index < -0.39 is 17.0 Å². The van der Waals surface area contributed by atoms with Gasteiger partial charge in [0.25, 0.3) is 0 Å². The molecule has 0 radical (unpaired) electrons. The van der Waals surface area contributed by atoms with Gasteiger partial charge in [0.1, 0.15) is 5.60 Å². The van der Waals surface area contributed by atoms with Crippen LogP contribution in [0.2, 0.25) is 0 Å². The van der Waals surface area contributed by atoms with Crippen LogP contribution in [0.4, 0.5) is 4.79 Å². The quantitative estimate of drug-likeness (QED) is 0.198. The fraction of sp³-hybridized carbons (Fsp3) is 0.355. The second kappa shape index (κ2) is 13.4. The number of amides is 2. The zero-order valence-corrected chi connectivity index (χ0v) is 25.1. The van der Waals surface area contributed by atoms with Gasteiger partial charge in [0, 0.05) is 0 Å². The Morgan fingerprint density at radius 1 is 0.711 bits per heavy atom. The summed E-state index contributed by atoms with van der Waals surface area (Å²) in [5.74, 6) is 0.0382. The van der Waals surface area contributed by atoms with E-state index in [1.165, 1.54) is 15.9 Å². The van der Waals surface area contributed by atoms with Crippen LogP contribution in [0.1, 0.15) is 46.5 Å². The molecule has 7 heteroatoms. The molecule has 0 spiro atoms. The average molecular weight is 600 g/mol. The number of hydrogen-bond donors (Lipinski definition) is 2. The minimum atomic E-state index is -2.95. The number of halogens is 1. The van der Waals surface area contributed by atoms with Crippen molar-refractivity contribution >= 4 is 48.7 Å². The Morgan fingerprint density at radius 3 is 1.61 bits per heavy atom. The molecule has 0 aliphatic rings. The van der Waals surface area contributed by atoms with Crippen molar-refractivity contribution in [1.82, 2.24) is 10.6 Å². The maximum atomic E-state index is 12.5. The van der Waals surface area contributed by atoms with Crippen LogP contribution >= 0.6 is 20.8 Å². The second-order valence-electron chi connectivity index (χ2n) is 10.5. The second-order valence-corrected chi connectivity index (χ2v) is 19.6. The Bertz CT molecular complexity index is 1070. The van der Waals surface area contributed by atoms with Crippen molar-refractivity contribution in [3.63, 3.8) is 0 Å². The van der Waals surface area contributed by atoms with E-state index >= 15 is 0 Å². The molecule has 0 aliphatic heterocycles. The molecule has 0 heterocycles. The van der Waals surface area contributed by atoms with Gasteiger partial charge in [-0.3, -0.25) is 0 Å². The van der Waals surface area contributed by atoms with Crippen molar-refractivity contribution in [3.05, 3.63) is 91.0 Å². The Morgan fingerprint density at radius 2 is 1.16 bits per heavy atom. The van der Waals surface area contributed by atoms with E-state index in [-0.39, 0.29) is 5.91 Å². The third-order valence-electron chi connectivity index (χ3n) is 6.46. The monoisotopic (exact) mass is 598 g/mol. The maximum absolute atomic E-state index is 12.5. The molecule has 38 heavy (non-hydrogen) atoms. The minimum absolute atomic E-state index is 0.0382. The molecule has 204 valence electrons. The number of carbonyl (C=O) groups excluding carboxylic acids is 2. The van der Waals surface area contributed by atoms with E-state index in [1.807, 2.05) is 20.8 Å². The number of nitrogens with one attached hydrogen (secondary N) is 2. The first kappa shape index (κ1) is 29.9. The van der Waals surface area contributed by atoms with Gasteiger partial charge in [-0.15, -0.1) is 0 Å². The number of unbranched alkanes of at least 4 members (excludes halogenated alkanes) is 1. The molecule has 5 nitrogen and oxygen atoms in total. The molecule has 3 rings (SSSR count). The number of benzene rings is 3. The number of ether oxygens (including phenoxy) is 1. The first-order valence-electron chi connectivity index (χ1n) is 13.3. The zero-order chi connectivity index (χ0) is 27.5. The molecule has 3 aromatic carbocycles. The van der Waals surface area contributed by atoms with Crippen molar-refractivity contribution in [3.8, 4) is 0 Å². The third kappa shape index (κ3) is 7.68. The SMILES string of the molecule is CC(C)(C)OC(=O)NCCCNC(=O)CCCCP(Br)(c1ccccc1)(c1ccccc1)c1ccccc1. The summed E-state index contributed by atoms with van der Waals surface area (Å²) in [6.07, 6.45) is 3.29. The molecular formula is C31H40BrN2O3P. The standard InChI is InChI=1S/C31H40BrN2O3P/c1-31(2,3)37-30(36)34-24-15-23-33-29(35)22-13-14-25-38(32,26-16-7-4-8-17-26,27-18-9-5-10-19-27)28-20-11-6-12-21-28/h4-12,16-21H,13-15,22-25H2,1-3H3,(H,33,35)(H,34,36). The van der Waals surface area contributed by atoms with Crippen molar-refractivity contribution in [1.29, 1.82) is 0 Å². The number of hydrogen-bond acceptors (Lipinski definition) is 3. The van der Waals surface area contributed by atoms with Gasteiger partial charge < -0.3 is 0 Å². The third-order valence-corrected chi connectivity index (χ3v) is 16.5. The molecule has 2 N–H and O–H groups in total. The van der Waals surface area contributed by atoms with Crippen LogP contribution in [0.5, 0.6) is 0 Å². The Kier molecular flexibility index (Phi) is 10.5. The summed E-state index contributed by atoms with van der Waals surface area (Å²) >= 11 is 4.46. The van der Waals surface area contributed by atoms with Crippen LogP contribution in [-0.2, 0) is 9.53 Å². The van der Waals surface area contributed by atoms with E-state index in [0.29, 0.717) is 25.9 Å². The molecule has 0 saturated heterocycles. The van der Waals surface area contributed by atoms with Gasteiger partial charge >= 0.3 is 210 Å². The number of alkyl carbamates (subject to hydrolysis) is 1. The summed E-state index contributed by atoms with van der Waals surface area (Å²) in [6, 6.07) is 32.2. The summed E-state index contributed by atoms with van der Waals surface area (Å²) in [4.78, 5) is 24.2. The van der Waals surface area contributed by atoms with Crippen LogP contribution in [0.25, 0.3) is 0 Å². The Hall–Kier alpha value is -2.69. The van der Waals surface area contributed by atoms with Gasteiger partial charge in [-0.1, -0.05) is 0 Å². The first-order valence-corrected chi connectivity index (χ1v) is 17.7. The molecule has 0 saturated carbocycles. The zero-order valence-electron chi connectivity index (χ0n) is 22.7. The van der Waals surface area contributed by atoms with Crippen molar-refractivity contribution in [2.45, 2.75) is 52.1 Å². The van der Waals surface area contributed by atoms with Crippen LogP contribution in [0.15, 0.2) is 91.0 Å². The van der Waals surface area contributed by atoms with E-state index in [0.717, 1.165) is 19.0 Å². The molecule has 0 unspecified atom stereocenters. The van der Waals surface area contributed by atoms with E-state index in [4.69, 9.17) is 4.74 Å². The summed E-state index contributed by atoms with van der Waals surface area (Å²) in [6.45, 7) is 6.46. The van der Waals surface area contributed by atoms with Crippen molar-refractivity contribution in [2.75, 3.05) is 19.3 Å². The molecular weight excluding hydrogens is 559 g/mol. The average Bonchev–Trinajstić information content (AvgIpc) is 2.91. The summed E-state index contributed by atoms with van der Waals surface area (Å²) < 4.78 is 5.22. The van der Waals surface area contributed by atoms with Crippen LogP contribution < -0.4 is 26.5 Å². The van der Waals surface area contributed by atoms with Crippen molar-refractivity contribution in [2.24, 2.45) is 0 Å². The Labute approximate surface area is 235 Å². The van der Waals surface area contributed by atoms with E-state index in [9.17, 15) is 9.59 Å². The molecule has 0 atom stereocenters. The number of rotatable bonds is 12. The summed E-state index contributed by atoms with van der Waals surface area (Å²) in [7, 11) is 0. The fourth-order valence-corrected chi connectivity index (χ4v) is 12.4. The first-order chi connectivity index (χ1) is 18.1. The molecule has 0 aromatic heterocycles. The van der Waals surface area contributed by atoms with Crippen molar-refractivity contribution < 1.29 is 14.3 Å². The predicted molar refractivity (Wildman–Crippen MR) is 165 cm³/mol.